The fourth-order valence-corrected chi connectivity index (χ4v) is 14.2. The maximum atomic E-state index is 13.8. The van der Waals surface area contributed by atoms with Gasteiger partial charge in [0.15, 0.2) is 9.84 Å². The van der Waals surface area contributed by atoms with Crippen LogP contribution in [0.4, 0.5) is 0 Å². The summed E-state index contributed by atoms with van der Waals surface area (Å²) < 4.78 is 140. The van der Waals surface area contributed by atoms with Crippen molar-refractivity contribution in [2.24, 2.45) is 0 Å². The first kappa shape index (κ1) is 83.7. The van der Waals surface area contributed by atoms with Crippen molar-refractivity contribution in [2.75, 3.05) is 63.3 Å². The molecule has 104 heavy (non-hydrogen) atoms. The highest BCUT2D eigenvalue weighted by Crippen LogP contribution is 2.36. The number of hydrogen-bond donors (Lipinski definition) is 11. The summed E-state index contributed by atoms with van der Waals surface area (Å²) in [5.41, 5.74) is 6.32. The van der Waals surface area contributed by atoms with E-state index < -0.39 is 180 Å². The van der Waals surface area contributed by atoms with Crippen LogP contribution < -0.4 is 36.1 Å². The number of rotatable bonds is 39. The third kappa shape index (κ3) is 27.4. The van der Waals surface area contributed by atoms with Crippen molar-refractivity contribution in [1.82, 2.24) is 46.3 Å². The Balaban J connectivity index is 1.09. The molecule has 39 heteroatoms. The van der Waals surface area contributed by atoms with Crippen molar-refractivity contribution in [2.45, 2.75) is 114 Å². The van der Waals surface area contributed by atoms with Gasteiger partial charge in [0.2, 0.25) is 35.4 Å². The van der Waals surface area contributed by atoms with E-state index in [4.69, 9.17) is 21.1 Å². The zero-order chi connectivity index (χ0) is 77.0. The average Bonchev–Trinajstić information content (AvgIpc) is 0.803. The van der Waals surface area contributed by atoms with Crippen LogP contribution in [0.1, 0.15) is 71.0 Å². The number of hydrogen-bond acceptors (Lipinski definition) is 22. The standard InChI is InChI=1S/C65H80ClN9O25S4/c1-39-10-5-6-12-47(39)48-13-9-11-44(40(48)2)35-100-56-25-55(99-34-43-22-46(27-67-26-43)101(4,88)89)45(24-49(56)66)30-73(3)59(78)28-69-63(85)50(36-102(90,91)92)71-65(87)52(38-104(96,97)98)72-64(86)51(37-103(93,94)95)70-57(76)20-21-68-58(77)23-41-16-18-42(19-17-41)29-74(31-60(79)80)53-14-7-8-15-54(53)75(32-61(81)82)33-62(83)84/h5-6,9-13,16-19,22,24-27,50-54H,7-8,14-15,20-21,23,28-38H2,1-4H3,(H,68,77)(H,69,85)(H,70,76)(H,71,87)(H,72,86)(H,79,80)(H,81,82)(H,83,84)(H,90,91,92)(H,93,94,95)(H,96,97,98)/t50-,51-,52-,53+,54+/m0/s1. The first-order chi connectivity index (χ1) is 48.6. The molecule has 5 atom stereocenters. The van der Waals surface area contributed by atoms with Gasteiger partial charge in [-0.3, -0.25) is 71.6 Å². The molecule has 1 aliphatic rings. The highest BCUT2D eigenvalue weighted by molar-refractivity contribution is 7.90. The Bertz CT molecular complexity index is 4460. The largest absolute Gasteiger partial charge is 0.488 e. The number of pyridine rings is 1. The number of aliphatic carboxylic acids is 3. The molecule has 5 aromatic rings. The monoisotopic (exact) mass is 1550 g/mol. The van der Waals surface area contributed by atoms with Gasteiger partial charge in [-0.1, -0.05) is 91.2 Å². The Hall–Kier alpha value is -9.25. The predicted octanol–water partition coefficient (Wildman–Crippen LogP) is 1.19. The molecule has 0 bridgehead atoms. The lowest BCUT2D eigenvalue weighted by Crippen LogP contribution is -2.60. The number of carbonyl (C=O) groups is 9. The molecule has 1 heterocycles. The van der Waals surface area contributed by atoms with Crippen LogP contribution in [0.5, 0.6) is 11.5 Å². The van der Waals surface area contributed by atoms with Crippen LogP contribution in [-0.2, 0) is 116 Å². The summed E-state index contributed by atoms with van der Waals surface area (Å²) in [5, 5.41) is 38.9. The Kier molecular flexibility index (Phi) is 30.1. The topological polar surface area (TPSA) is 513 Å². The number of carboxylic acids is 3. The number of carboxylic acid groups (broad SMARTS) is 3. The first-order valence-corrected chi connectivity index (χ1v) is 38.8. The number of carbonyl (C=O) groups excluding carboxylic acids is 6. The van der Waals surface area contributed by atoms with Crippen molar-refractivity contribution >= 4 is 105 Å². The normalized spacial score (nSPS) is 15.0. The van der Waals surface area contributed by atoms with Gasteiger partial charge in [0.05, 0.1) is 42.5 Å². The zero-order valence-electron chi connectivity index (χ0n) is 56.6. The molecule has 1 aromatic heterocycles. The van der Waals surface area contributed by atoms with E-state index in [9.17, 15) is 106 Å². The minimum absolute atomic E-state index is 0.0280. The van der Waals surface area contributed by atoms with Crippen molar-refractivity contribution < 1.29 is 115 Å². The summed E-state index contributed by atoms with van der Waals surface area (Å²) >= 11 is 6.80. The molecular formula is C65H80ClN9O25S4. The van der Waals surface area contributed by atoms with Gasteiger partial charge < -0.3 is 56.3 Å². The van der Waals surface area contributed by atoms with Gasteiger partial charge in [0, 0.05) is 81.0 Å². The molecule has 0 radical (unpaired) electrons. The molecule has 0 unspecified atom stereocenters. The molecule has 0 aliphatic heterocycles. The molecule has 4 aromatic carbocycles. The summed E-state index contributed by atoms with van der Waals surface area (Å²) in [7, 11) is -18.3. The van der Waals surface area contributed by atoms with Crippen molar-refractivity contribution in [3.8, 4) is 22.6 Å². The quantitative estimate of drug-likeness (QED) is 0.0246. The highest BCUT2D eigenvalue weighted by Gasteiger charge is 2.38. The van der Waals surface area contributed by atoms with Crippen molar-refractivity contribution in [1.29, 1.82) is 0 Å². The van der Waals surface area contributed by atoms with Crippen LogP contribution >= 0.6 is 11.6 Å². The van der Waals surface area contributed by atoms with E-state index in [1.807, 2.05) is 61.6 Å². The van der Waals surface area contributed by atoms with Crippen LogP contribution in [-0.4, -0.2) is 229 Å². The summed E-state index contributed by atoms with van der Waals surface area (Å²) in [5.74, 6) is -16.4. The molecule has 11 N–H and O–H groups in total. The molecule has 566 valence electrons. The van der Waals surface area contributed by atoms with E-state index in [1.165, 1.54) is 36.3 Å². The fourth-order valence-electron chi connectivity index (χ4n) is 11.4. The lowest BCUT2D eigenvalue weighted by molar-refractivity contribution is -0.146. The van der Waals surface area contributed by atoms with Gasteiger partial charge >= 0.3 is 17.9 Å². The molecule has 34 nitrogen and oxygen atoms in total. The van der Waals surface area contributed by atoms with E-state index in [1.54, 1.807) is 39.8 Å². The van der Waals surface area contributed by atoms with Gasteiger partial charge in [-0.25, -0.2) is 8.42 Å². The molecule has 0 saturated heterocycles. The Morgan fingerprint density at radius 3 is 1.67 bits per heavy atom. The van der Waals surface area contributed by atoms with E-state index in [0.29, 0.717) is 42.4 Å². The van der Waals surface area contributed by atoms with Crippen LogP contribution in [0, 0.1) is 13.8 Å². The van der Waals surface area contributed by atoms with Crippen LogP contribution in [0.25, 0.3) is 11.1 Å². The van der Waals surface area contributed by atoms with Gasteiger partial charge in [0.25, 0.3) is 30.4 Å². The maximum Gasteiger partial charge on any atom is 0.317 e. The molecule has 1 aliphatic carbocycles. The van der Waals surface area contributed by atoms with Gasteiger partial charge in [-0.05, 0) is 77.8 Å². The Morgan fingerprint density at radius 1 is 0.577 bits per heavy atom. The molecule has 6 amide bonds. The van der Waals surface area contributed by atoms with Crippen molar-refractivity contribution in [3.63, 3.8) is 0 Å². The molecule has 1 saturated carbocycles. The molecular weight excluding hydrogens is 1470 g/mol. The number of likely N-dealkylation sites (N-methyl/N-ethyl adjacent to an activating group) is 1. The molecule has 6 rings (SSSR count). The summed E-state index contributed by atoms with van der Waals surface area (Å²) in [4.78, 5) is 124. The van der Waals surface area contributed by atoms with Gasteiger partial charge in [-0.2, -0.15) is 25.3 Å². The van der Waals surface area contributed by atoms with Crippen LogP contribution in [0.2, 0.25) is 5.02 Å². The fraction of sp³-hybridized carbons (Fsp3) is 0.415. The van der Waals surface area contributed by atoms with Gasteiger partial charge in [-0.15, -0.1) is 0 Å². The number of halogens is 1. The molecule has 1 fully saturated rings. The maximum absolute atomic E-state index is 13.8. The van der Waals surface area contributed by atoms with E-state index in [-0.39, 0.29) is 59.7 Å². The summed E-state index contributed by atoms with van der Waals surface area (Å²) in [6.07, 6.45) is 4.73. The van der Waals surface area contributed by atoms with Crippen LogP contribution in [0.3, 0.4) is 0 Å². The number of nitrogens with zero attached hydrogens (tertiary/aromatic N) is 4. The van der Waals surface area contributed by atoms with Crippen LogP contribution in [0.15, 0.2) is 102 Å². The Labute approximate surface area is 604 Å². The number of aryl methyl sites for hydroxylation is 1. The smallest absolute Gasteiger partial charge is 0.317 e. The Morgan fingerprint density at radius 2 is 1.11 bits per heavy atom. The van der Waals surface area contributed by atoms with E-state index >= 15 is 0 Å². The lowest BCUT2D eigenvalue weighted by Gasteiger charge is -2.44. The molecule has 0 spiro atoms. The number of nitrogens with one attached hydrogen (secondary N) is 5. The second-order valence-electron chi connectivity index (χ2n) is 24.6. The third-order valence-corrected chi connectivity index (χ3v) is 20.0. The average molecular weight is 1550 g/mol. The highest BCUT2D eigenvalue weighted by atomic mass is 35.5. The summed E-state index contributed by atoms with van der Waals surface area (Å²) in [6.45, 7) is 0.311. The number of sulfone groups is 1. The summed E-state index contributed by atoms with van der Waals surface area (Å²) in [6, 6.07) is 15.5. The lowest BCUT2D eigenvalue weighted by atomic mass is 9.87. The minimum atomic E-state index is -5.37. The number of aromatic nitrogens is 1. The number of benzene rings is 4. The third-order valence-electron chi connectivity index (χ3n) is 16.4. The number of amides is 6. The minimum Gasteiger partial charge on any atom is -0.488 e. The number of ether oxygens (including phenoxy) is 2. The zero-order valence-corrected chi connectivity index (χ0v) is 60.6. The SMILES string of the molecule is Cc1ccccc1-c1cccc(COc2cc(OCc3cncc(S(C)(=O)=O)c3)c(CN(C)C(=O)CNC(=O)[C@H](CS(=O)(=O)O)NC(=O)[C@H](CS(=O)(=O)O)NC(=O)[C@H](CS(=O)(=O)O)NC(=O)CCNC(=O)Cc3ccc(CN(CC(=O)O)[C@@H]4CCCC[C@H]4N(CC(=O)O)CC(=O)O)cc3)cc2Cl)c1C. The second kappa shape index (κ2) is 37.4. The second-order valence-corrected chi connectivity index (χ2v) is 31.5. The van der Waals surface area contributed by atoms with Crippen molar-refractivity contribution in [3.05, 3.63) is 141 Å². The van der Waals surface area contributed by atoms with E-state index in [2.05, 4.69) is 15.6 Å². The van der Waals surface area contributed by atoms with E-state index in [0.717, 1.165) is 45.2 Å². The predicted molar refractivity (Wildman–Crippen MR) is 372 cm³/mol. The first-order valence-electron chi connectivity index (χ1n) is 31.7. The van der Waals surface area contributed by atoms with Gasteiger partial charge in [0.1, 0.15) is 60.1 Å².